The zero-order valence-corrected chi connectivity index (χ0v) is 14.7. The van der Waals surface area contributed by atoms with Crippen molar-refractivity contribution in [1.29, 1.82) is 0 Å². The minimum Gasteiger partial charge on any atom is -0.497 e. The van der Waals surface area contributed by atoms with Crippen molar-refractivity contribution in [3.8, 4) is 11.4 Å². The highest BCUT2D eigenvalue weighted by atomic mass is 16.5. The molecule has 27 heavy (non-hydrogen) atoms. The Bertz CT molecular complexity index is 957. The van der Waals surface area contributed by atoms with Crippen LogP contribution in [-0.4, -0.2) is 55.4 Å². The van der Waals surface area contributed by atoms with Gasteiger partial charge in [0.05, 0.1) is 19.0 Å². The highest BCUT2D eigenvalue weighted by molar-refractivity contribution is 5.72. The molecule has 10 heteroatoms. The van der Waals surface area contributed by atoms with Gasteiger partial charge in [0.1, 0.15) is 5.75 Å². The number of amides is 1. The van der Waals surface area contributed by atoms with E-state index in [0.717, 1.165) is 24.3 Å². The summed E-state index contributed by atoms with van der Waals surface area (Å²) in [5, 5.41) is 22.9. The molecular formula is C17H19N7O3. The van der Waals surface area contributed by atoms with Gasteiger partial charge in [0.2, 0.25) is 5.95 Å². The summed E-state index contributed by atoms with van der Waals surface area (Å²) in [7, 11) is 1.62. The largest absolute Gasteiger partial charge is 0.497 e. The first-order chi connectivity index (χ1) is 13.1. The number of carboxylic acid groups (broad SMARTS) is 1. The van der Waals surface area contributed by atoms with Crippen LogP contribution in [0.15, 0.2) is 30.5 Å². The van der Waals surface area contributed by atoms with Crippen LogP contribution in [0.1, 0.15) is 19.3 Å². The Morgan fingerprint density at radius 1 is 1.26 bits per heavy atom. The SMILES string of the molecule is COc1ccc(-n2nnc3cnc(N[C@@H]4CC[C@H](NC(=O)O)C4)nc32)cc1. The molecule has 1 saturated carbocycles. The maximum atomic E-state index is 10.8. The number of nitrogens with zero attached hydrogens (tertiary/aromatic N) is 5. The average Bonchev–Trinajstić information content (AvgIpc) is 3.28. The topological polar surface area (TPSA) is 127 Å². The van der Waals surface area contributed by atoms with Crippen molar-refractivity contribution in [2.75, 3.05) is 12.4 Å². The second kappa shape index (κ2) is 7.06. The highest BCUT2D eigenvalue weighted by Crippen LogP contribution is 2.23. The third kappa shape index (κ3) is 3.59. The van der Waals surface area contributed by atoms with E-state index in [0.29, 0.717) is 23.5 Å². The van der Waals surface area contributed by atoms with Gasteiger partial charge in [-0.25, -0.2) is 9.78 Å². The Morgan fingerprint density at radius 2 is 2.04 bits per heavy atom. The number of nitrogens with one attached hydrogen (secondary N) is 2. The molecule has 2 heterocycles. The molecule has 0 bridgehead atoms. The smallest absolute Gasteiger partial charge is 0.404 e. The van der Waals surface area contributed by atoms with Crippen LogP contribution in [0, 0.1) is 0 Å². The number of fused-ring (bicyclic) bond motifs is 1. The summed E-state index contributed by atoms with van der Waals surface area (Å²) in [6.07, 6.45) is 2.97. The Balaban J connectivity index is 1.54. The van der Waals surface area contributed by atoms with E-state index >= 15 is 0 Å². The van der Waals surface area contributed by atoms with E-state index in [9.17, 15) is 4.79 Å². The van der Waals surface area contributed by atoms with Crippen LogP contribution in [0.5, 0.6) is 5.75 Å². The summed E-state index contributed by atoms with van der Waals surface area (Å²) in [6.45, 7) is 0. The molecule has 1 aliphatic rings. The molecule has 0 aliphatic heterocycles. The van der Waals surface area contributed by atoms with Crippen LogP contribution in [0.2, 0.25) is 0 Å². The standard InChI is InChI=1S/C17H19N7O3/c1-27-13-6-4-12(5-7-13)24-15-14(22-23-24)9-18-16(21-15)19-10-2-3-11(8-10)20-17(25)26/h4-7,9-11,20H,2-3,8H2,1H3,(H,25,26)(H,18,19,21)/t10-,11+/m1/s1. The molecule has 0 radical (unpaired) electrons. The van der Waals surface area contributed by atoms with E-state index in [-0.39, 0.29) is 12.1 Å². The maximum Gasteiger partial charge on any atom is 0.404 e. The number of hydrogen-bond donors (Lipinski definition) is 3. The second-order valence-electron chi connectivity index (χ2n) is 6.40. The van der Waals surface area contributed by atoms with Gasteiger partial charge in [-0.1, -0.05) is 5.21 Å². The summed E-state index contributed by atoms with van der Waals surface area (Å²) in [5.74, 6) is 1.23. The second-order valence-corrected chi connectivity index (χ2v) is 6.40. The summed E-state index contributed by atoms with van der Waals surface area (Å²) in [4.78, 5) is 19.6. The lowest BCUT2D eigenvalue weighted by Crippen LogP contribution is -2.32. The summed E-state index contributed by atoms with van der Waals surface area (Å²) in [6, 6.07) is 7.51. The van der Waals surface area contributed by atoms with Crippen LogP contribution < -0.4 is 15.4 Å². The van der Waals surface area contributed by atoms with Gasteiger partial charge in [0.15, 0.2) is 11.2 Å². The van der Waals surface area contributed by atoms with Crippen LogP contribution >= 0.6 is 0 Å². The molecule has 10 nitrogen and oxygen atoms in total. The molecule has 0 unspecified atom stereocenters. The van der Waals surface area contributed by atoms with Crippen LogP contribution in [0.3, 0.4) is 0 Å². The monoisotopic (exact) mass is 369 g/mol. The zero-order chi connectivity index (χ0) is 18.8. The Kier molecular flexibility index (Phi) is 4.45. The first kappa shape index (κ1) is 17.0. The number of rotatable bonds is 5. The number of methoxy groups -OCH3 is 1. The van der Waals surface area contributed by atoms with Gasteiger partial charge in [0.25, 0.3) is 0 Å². The van der Waals surface area contributed by atoms with Crippen LogP contribution in [-0.2, 0) is 0 Å². The molecule has 2 aromatic heterocycles. The molecule has 0 saturated heterocycles. The van der Waals surface area contributed by atoms with Crippen molar-refractivity contribution in [1.82, 2.24) is 30.3 Å². The van der Waals surface area contributed by atoms with Crippen molar-refractivity contribution >= 4 is 23.2 Å². The van der Waals surface area contributed by atoms with Gasteiger partial charge < -0.3 is 20.5 Å². The lowest BCUT2D eigenvalue weighted by Gasteiger charge is -2.13. The zero-order valence-electron chi connectivity index (χ0n) is 14.7. The predicted octanol–water partition coefficient (Wildman–Crippen LogP) is 1.82. The van der Waals surface area contributed by atoms with E-state index in [1.165, 1.54) is 0 Å². The molecule has 1 fully saturated rings. The maximum absolute atomic E-state index is 10.8. The normalized spacial score (nSPS) is 19.1. The van der Waals surface area contributed by atoms with Crippen LogP contribution in [0.4, 0.5) is 10.7 Å². The highest BCUT2D eigenvalue weighted by Gasteiger charge is 2.26. The molecule has 140 valence electrons. The van der Waals surface area contributed by atoms with Crippen molar-refractivity contribution in [2.45, 2.75) is 31.3 Å². The summed E-state index contributed by atoms with van der Waals surface area (Å²) < 4.78 is 6.82. The first-order valence-corrected chi connectivity index (χ1v) is 8.61. The summed E-state index contributed by atoms with van der Waals surface area (Å²) >= 11 is 0. The molecule has 1 aliphatic carbocycles. The molecule has 1 amide bonds. The molecule has 3 N–H and O–H groups in total. The van der Waals surface area contributed by atoms with Gasteiger partial charge in [-0.05, 0) is 43.5 Å². The van der Waals surface area contributed by atoms with E-state index in [1.54, 1.807) is 18.0 Å². The van der Waals surface area contributed by atoms with Gasteiger partial charge >= 0.3 is 6.09 Å². The third-order valence-corrected chi connectivity index (χ3v) is 4.60. The van der Waals surface area contributed by atoms with Gasteiger partial charge in [-0.2, -0.15) is 9.67 Å². The van der Waals surface area contributed by atoms with E-state index in [4.69, 9.17) is 9.84 Å². The Morgan fingerprint density at radius 3 is 2.78 bits per heavy atom. The fourth-order valence-electron chi connectivity index (χ4n) is 3.30. The van der Waals surface area contributed by atoms with Crippen molar-refractivity contribution in [3.05, 3.63) is 30.5 Å². The van der Waals surface area contributed by atoms with E-state index in [2.05, 4.69) is 30.9 Å². The quantitative estimate of drug-likeness (QED) is 0.621. The molecule has 3 aromatic rings. The molecule has 4 rings (SSSR count). The van der Waals surface area contributed by atoms with E-state index in [1.807, 2.05) is 24.3 Å². The number of anilines is 1. The van der Waals surface area contributed by atoms with Crippen molar-refractivity contribution < 1.29 is 14.6 Å². The number of aromatic nitrogens is 5. The Labute approximate surface area is 154 Å². The number of hydrogen-bond acceptors (Lipinski definition) is 7. The molecule has 0 spiro atoms. The molecule has 1 aromatic carbocycles. The predicted molar refractivity (Wildman–Crippen MR) is 97.2 cm³/mol. The summed E-state index contributed by atoms with van der Waals surface area (Å²) in [5.41, 5.74) is 2.00. The lowest BCUT2D eigenvalue weighted by atomic mass is 10.2. The fraction of sp³-hybridized carbons (Fsp3) is 0.353. The minimum atomic E-state index is -0.993. The number of ether oxygens (including phenoxy) is 1. The first-order valence-electron chi connectivity index (χ1n) is 8.61. The van der Waals surface area contributed by atoms with Crippen LogP contribution in [0.25, 0.3) is 16.9 Å². The molecular weight excluding hydrogens is 350 g/mol. The Hall–Kier alpha value is -3.43. The lowest BCUT2D eigenvalue weighted by molar-refractivity contribution is 0.190. The third-order valence-electron chi connectivity index (χ3n) is 4.60. The average molecular weight is 369 g/mol. The van der Waals surface area contributed by atoms with Crippen molar-refractivity contribution in [3.63, 3.8) is 0 Å². The van der Waals surface area contributed by atoms with Gasteiger partial charge in [0, 0.05) is 12.1 Å². The van der Waals surface area contributed by atoms with Crippen molar-refractivity contribution in [2.24, 2.45) is 0 Å². The fourth-order valence-corrected chi connectivity index (χ4v) is 3.30. The van der Waals surface area contributed by atoms with Gasteiger partial charge in [-0.3, -0.25) is 0 Å². The minimum absolute atomic E-state index is 0.0461. The van der Waals surface area contributed by atoms with E-state index < -0.39 is 6.09 Å². The number of benzene rings is 1. The van der Waals surface area contributed by atoms with Gasteiger partial charge in [-0.15, -0.1) is 5.10 Å². The molecule has 2 atom stereocenters. The number of carbonyl (C=O) groups is 1.